The summed E-state index contributed by atoms with van der Waals surface area (Å²) >= 11 is 0. The molecule has 20 heavy (non-hydrogen) atoms. The Balaban J connectivity index is 2.20. The lowest BCUT2D eigenvalue weighted by Crippen LogP contribution is -2.39. The Morgan fingerprint density at radius 1 is 1.25 bits per heavy atom. The zero-order valence-corrected chi connectivity index (χ0v) is 12.6. The Hall–Kier alpha value is -1.14. The first-order valence-corrected chi connectivity index (χ1v) is 7.34. The van der Waals surface area contributed by atoms with E-state index in [0.717, 1.165) is 39.3 Å². The van der Waals surface area contributed by atoms with Crippen molar-refractivity contribution in [1.82, 2.24) is 9.80 Å². The van der Waals surface area contributed by atoms with Gasteiger partial charge in [0.2, 0.25) is 5.91 Å². The third-order valence-electron chi connectivity index (χ3n) is 3.34. The van der Waals surface area contributed by atoms with E-state index in [-0.39, 0.29) is 18.3 Å². The molecular formula is C14H26N2O4. The standard InChI is InChI=1S/C14H26N2O4/c1-3-20-14(18)5-8-16(13(2)17)7-4-6-15-9-11-19-12-10-15/h3-12H2,1-2H3. The van der Waals surface area contributed by atoms with Crippen molar-refractivity contribution in [2.45, 2.75) is 26.7 Å². The maximum atomic E-state index is 11.5. The Morgan fingerprint density at radius 3 is 2.55 bits per heavy atom. The highest BCUT2D eigenvalue weighted by Crippen LogP contribution is 2.01. The van der Waals surface area contributed by atoms with E-state index in [1.54, 1.807) is 18.7 Å². The van der Waals surface area contributed by atoms with Gasteiger partial charge in [-0.05, 0) is 13.3 Å². The van der Waals surface area contributed by atoms with Crippen LogP contribution in [-0.2, 0) is 19.1 Å². The van der Waals surface area contributed by atoms with E-state index >= 15 is 0 Å². The molecule has 0 N–H and O–H groups in total. The van der Waals surface area contributed by atoms with Crippen molar-refractivity contribution in [3.63, 3.8) is 0 Å². The van der Waals surface area contributed by atoms with Crippen molar-refractivity contribution in [2.75, 3.05) is 52.5 Å². The minimum Gasteiger partial charge on any atom is -0.466 e. The summed E-state index contributed by atoms with van der Waals surface area (Å²) in [7, 11) is 0. The van der Waals surface area contributed by atoms with E-state index in [1.165, 1.54) is 0 Å². The van der Waals surface area contributed by atoms with Crippen LogP contribution in [0.2, 0.25) is 0 Å². The normalized spacial score (nSPS) is 15.9. The number of esters is 1. The lowest BCUT2D eigenvalue weighted by Gasteiger charge is -2.28. The molecule has 0 unspecified atom stereocenters. The van der Waals surface area contributed by atoms with Crippen molar-refractivity contribution in [1.29, 1.82) is 0 Å². The molecule has 0 radical (unpaired) electrons. The van der Waals surface area contributed by atoms with E-state index in [1.807, 2.05) is 0 Å². The average molecular weight is 286 g/mol. The second kappa shape index (κ2) is 9.72. The van der Waals surface area contributed by atoms with Gasteiger partial charge >= 0.3 is 5.97 Å². The van der Waals surface area contributed by atoms with Gasteiger partial charge in [-0.3, -0.25) is 14.5 Å². The fourth-order valence-corrected chi connectivity index (χ4v) is 2.20. The minimum absolute atomic E-state index is 0.0104. The van der Waals surface area contributed by atoms with Gasteiger partial charge in [-0.25, -0.2) is 0 Å². The number of rotatable bonds is 8. The number of hydrogen-bond donors (Lipinski definition) is 0. The van der Waals surface area contributed by atoms with Gasteiger partial charge in [0.15, 0.2) is 0 Å². The topological polar surface area (TPSA) is 59.1 Å². The monoisotopic (exact) mass is 286 g/mol. The lowest BCUT2D eigenvalue weighted by molar-refractivity contribution is -0.144. The summed E-state index contributed by atoms with van der Waals surface area (Å²) < 4.78 is 10.2. The molecule has 1 amide bonds. The molecule has 0 aromatic carbocycles. The van der Waals surface area contributed by atoms with Crippen LogP contribution in [0, 0.1) is 0 Å². The molecule has 1 aliphatic rings. The fraction of sp³-hybridized carbons (Fsp3) is 0.857. The van der Waals surface area contributed by atoms with Crippen LogP contribution in [0.1, 0.15) is 26.7 Å². The second-order valence-corrected chi connectivity index (χ2v) is 4.87. The van der Waals surface area contributed by atoms with Crippen LogP contribution in [0.5, 0.6) is 0 Å². The van der Waals surface area contributed by atoms with Crippen molar-refractivity contribution >= 4 is 11.9 Å². The van der Waals surface area contributed by atoms with E-state index < -0.39 is 0 Å². The molecule has 116 valence electrons. The molecule has 6 nitrogen and oxygen atoms in total. The van der Waals surface area contributed by atoms with Crippen LogP contribution in [0.15, 0.2) is 0 Å². The largest absolute Gasteiger partial charge is 0.466 e. The molecule has 1 saturated heterocycles. The number of nitrogens with zero attached hydrogens (tertiary/aromatic N) is 2. The highest BCUT2D eigenvalue weighted by atomic mass is 16.5. The second-order valence-electron chi connectivity index (χ2n) is 4.87. The number of carbonyl (C=O) groups is 2. The van der Waals surface area contributed by atoms with Crippen LogP contribution in [-0.4, -0.2) is 74.2 Å². The van der Waals surface area contributed by atoms with Gasteiger partial charge in [0.05, 0.1) is 26.2 Å². The number of ether oxygens (including phenoxy) is 2. The van der Waals surface area contributed by atoms with E-state index in [4.69, 9.17) is 9.47 Å². The van der Waals surface area contributed by atoms with E-state index in [2.05, 4.69) is 4.90 Å². The average Bonchev–Trinajstić information content (AvgIpc) is 2.43. The summed E-state index contributed by atoms with van der Waals surface area (Å²) in [4.78, 5) is 26.9. The predicted molar refractivity (Wildman–Crippen MR) is 75.4 cm³/mol. The molecule has 0 aliphatic carbocycles. The van der Waals surface area contributed by atoms with Crippen LogP contribution < -0.4 is 0 Å². The maximum Gasteiger partial charge on any atom is 0.307 e. The number of amides is 1. The van der Waals surface area contributed by atoms with Gasteiger partial charge in [0.1, 0.15) is 0 Å². The summed E-state index contributed by atoms with van der Waals surface area (Å²) in [6, 6.07) is 0. The molecule has 1 rings (SSSR count). The summed E-state index contributed by atoms with van der Waals surface area (Å²) in [6.45, 7) is 9.30. The van der Waals surface area contributed by atoms with Gasteiger partial charge < -0.3 is 14.4 Å². The first-order valence-electron chi connectivity index (χ1n) is 7.34. The summed E-state index contributed by atoms with van der Waals surface area (Å²) in [5.74, 6) is -0.233. The molecule has 0 saturated carbocycles. The smallest absolute Gasteiger partial charge is 0.307 e. The lowest BCUT2D eigenvalue weighted by atomic mass is 10.3. The van der Waals surface area contributed by atoms with Crippen molar-refractivity contribution < 1.29 is 19.1 Å². The molecule has 0 spiro atoms. The molecule has 1 aliphatic heterocycles. The number of hydrogen-bond acceptors (Lipinski definition) is 5. The van der Waals surface area contributed by atoms with Crippen molar-refractivity contribution in [3.8, 4) is 0 Å². The first kappa shape index (κ1) is 16.9. The van der Waals surface area contributed by atoms with Gasteiger partial charge in [-0.15, -0.1) is 0 Å². The van der Waals surface area contributed by atoms with Crippen LogP contribution in [0.4, 0.5) is 0 Å². The Morgan fingerprint density at radius 2 is 1.95 bits per heavy atom. The van der Waals surface area contributed by atoms with Gasteiger partial charge in [0.25, 0.3) is 0 Å². The molecule has 0 aromatic rings. The zero-order chi connectivity index (χ0) is 14.8. The third kappa shape index (κ3) is 6.86. The van der Waals surface area contributed by atoms with Crippen molar-refractivity contribution in [3.05, 3.63) is 0 Å². The molecule has 1 fully saturated rings. The summed E-state index contributed by atoms with van der Waals surface area (Å²) in [5.41, 5.74) is 0. The predicted octanol–water partition coefficient (Wildman–Crippen LogP) is 0.510. The highest BCUT2D eigenvalue weighted by molar-refractivity contribution is 5.74. The number of morpholine rings is 1. The molecule has 0 atom stereocenters. The molecule has 0 aromatic heterocycles. The van der Waals surface area contributed by atoms with Crippen LogP contribution in [0.25, 0.3) is 0 Å². The first-order chi connectivity index (χ1) is 9.63. The van der Waals surface area contributed by atoms with Gasteiger partial charge in [0, 0.05) is 39.6 Å². The molecule has 0 bridgehead atoms. The molecule has 6 heteroatoms. The Labute approximate surface area is 121 Å². The molecule has 1 heterocycles. The number of carbonyl (C=O) groups excluding carboxylic acids is 2. The van der Waals surface area contributed by atoms with Crippen LogP contribution in [0.3, 0.4) is 0 Å². The SMILES string of the molecule is CCOC(=O)CCN(CCCN1CCOCC1)C(C)=O. The minimum atomic E-state index is -0.244. The van der Waals surface area contributed by atoms with E-state index in [0.29, 0.717) is 19.7 Å². The Bertz CT molecular complexity index is 304. The summed E-state index contributed by atoms with van der Waals surface area (Å²) in [5, 5.41) is 0. The van der Waals surface area contributed by atoms with E-state index in [9.17, 15) is 9.59 Å². The highest BCUT2D eigenvalue weighted by Gasteiger charge is 2.13. The summed E-state index contributed by atoms with van der Waals surface area (Å²) in [6.07, 6.45) is 1.19. The van der Waals surface area contributed by atoms with Crippen LogP contribution >= 0.6 is 0 Å². The fourth-order valence-electron chi connectivity index (χ4n) is 2.20. The molecular weight excluding hydrogens is 260 g/mol. The zero-order valence-electron chi connectivity index (χ0n) is 12.6. The Kier molecular flexibility index (Phi) is 8.22. The maximum absolute atomic E-state index is 11.5. The third-order valence-corrected chi connectivity index (χ3v) is 3.34. The van der Waals surface area contributed by atoms with Gasteiger partial charge in [-0.1, -0.05) is 0 Å². The van der Waals surface area contributed by atoms with Gasteiger partial charge in [-0.2, -0.15) is 0 Å². The van der Waals surface area contributed by atoms with Crippen molar-refractivity contribution in [2.24, 2.45) is 0 Å². The quantitative estimate of drug-likeness (QED) is 0.609.